The average molecular weight is 367 g/mol. The Kier molecular flexibility index (Phi) is 4.21. The molecule has 0 radical (unpaired) electrons. The molecule has 1 unspecified atom stereocenters. The van der Waals surface area contributed by atoms with E-state index in [1.54, 1.807) is 23.5 Å². The quantitative estimate of drug-likeness (QED) is 0.529. The van der Waals surface area contributed by atoms with E-state index in [9.17, 15) is 4.39 Å². The van der Waals surface area contributed by atoms with Crippen LogP contribution in [0.2, 0.25) is 0 Å². The van der Waals surface area contributed by atoms with Crippen molar-refractivity contribution < 1.29 is 4.39 Å². The molecule has 0 aliphatic carbocycles. The second-order valence-electron chi connectivity index (χ2n) is 3.45. The van der Waals surface area contributed by atoms with Crippen molar-refractivity contribution in [2.24, 2.45) is 0 Å². The van der Waals surface area contributed by atoms with Crippen LogP contribution in [0.15, 0.2) is 35.7 Å². The van der Waals surface area contributed by atoms with Crippen molar-refractivity contribution in [3.8, 4) is 0 Å². The number of hydrogen-bond donors (Lipinski definition) is 0. The summed E-state index contributed by atoms with van der Waals surface area (Å²) in [4.78, 5) is 0. The van der Waals surface area contributed by atoms with Crippen molar-refractivity contribution in [2.75, 3.05) is 0 Å². The SMILES string of the molecule is Fc1ccccc1CC(Cl)c1csc(I)c1. The summed E-state index contributed by atoms with van der Waals surface area (Å²) in [5, 5.41) is 1.87. The van der Waals surface area contributed by atoms with E-state index in [2.05, 4.69) is 22.6 Å². The smallest absolute Gasteiger partial charge is 0.126 e. The van der Waals surface area contributed by atoms with Crippen molar-refractivity contribution in [3.63, 3.8) is 0 Å². The van der Waals surface area contributed by atoms with E-state index in [1.165, 1.54) is 8.95 Å². The molecule has 0 bridgehead atoms. The summed E-state index contributed by atoms with van der Waals surface area (Å²) in [5.41, 5.74) is 1.74. The lowest BCUT2D eigenvalue weighted by molar-refractivity contribution is 0.607. The fraction of sp³-hybridized carbons (Fsp3) is 0.167. The third-order valence-corrected chi connectivity index (χ3v) is 4.52. The van der Waals surface area contributed by atoms with E-state index in [-0.39, 0.29) is 11.2 Å². The maximum atomic E-state index is 13.4. The highest BCUT2D eigenvalue weighted by Crippen LogP contribution is 2.30. The first kappa shape index (κ1) is 12.3. The number of benzene rings is 1. The molecule has 1 aromatic heterocycles. The van der Waals surface area contributed by atoms with Crippen molar-refractivity contribution in [3.05, 3.63) is 55.5 Å². The van der Waals surface area contributed by atoms with Crippen LogP contribution in [-0.2, 0) is 6.42 Å². The molecule has 0 aliphatic rings. The van der Waals surface area contributed by atoms with E-state index in [4.69, 9.17) is 11.6 Å². The summed E-state index contributed by atoms with van der Waals surface area (Å²) in [7, 11) is 0. The van der Waals surface area contributed by atoms with Crippen LogP contribution in [-0.4, -0.2) is 0 Å². The van der Waals surface area contributed by atoms with E-state index in [1.807, 2.05) is 17.5 Å². The molecule has 0 nitrogen and oxygen atoms in total. The highest BCUT2D eigenvalue weighted by Gasteiger charge is 2.12. The van der Waals surface area contributed by atoms with Crippen LogP contribution in [0.25, 0.3) is 0 Å². The second kappa shape index (κ2) is 5.47. The van der Waals surface area contributed by atoms with Gasteiger partial charge in [-0.25, -0.2) is 4.39 Å². The average Bonchev–Trinajstić information content (AvgIpc) is 2.68. The summed E-state index contributed by atoms with van der Waals surface area (Å²) in [6.07, 6.45) is 0.529. The van der Waals surface area contributed by atoms with Crippen LogP contribution in [0.4, 0.5) is 4.39 Å². The highest BCUT2D eigenvalue weighted by molar-refractivity contribution is 14.1. The predicted molar refractivity (Wildman–Crippen MR) is 75.7 cm³/mol. The van der Waals surface area contributed by atoms with Gasteiger partial charge < -0.3 is 0 Å². The van der Waals surface area contributed by atoms with Gasteiger partial charge in [-0.3, -0.25) is 0 Å². The van der Waals surface area contributed by atoms with Gasteiger partial charge in [0.15, 0.2) is 0 Å². The van der Waals surface area contributed by atoms with Gasteiger partial charge in [-0.2, -0.15) is 0 Å². The lowest BCUT2D eigenvalue weighted by atomic mass is 10.1. The Bertz CT molecular complexity index is 483. The third-order valence-electron chi connectivity index (χ3n) is 2.31. The zero-order chi connectivity index (χ0) is 11.5. The monoisotopic (exact) mass is 366 g/mol. The molecule has 0 spiro atoms. The van der Waals surface area contributed by atoms with Gasteiger partial charge in [0.05, 0.1) is 8.26 Å². The minimum absolute atomic E-state index is 0.156. The van der Waals surface area contributed by atoms with Gasteiger partial charge in [-0.1, -0.05) is 18.2 Å². The topological polar surface area (TPSA) is 0 Å². The normalized spacial score (nSPS) is 12.7. The van der Waals surface area contributed by atoms with Crippen LogP contribution >= 0.6 is 45.5 Å². The van der Waals surface area contributed by atoms with Gasteiger partial charge in [0.2, 0.25) is 0 Å². The van der Waals surface area contributed by atoms with Crippen LogP contribution < -0.4 is 0 Å². The fourth-order valence-electron chi connectivity index (χ4n) is 1.46. The standard InChI is InChI=1S/C12H9ClFIS/c13-10(9-6-12(15)16-7-9)5-8-3-1-2-4-11(8)14/h1-4,6-7,10H,5H2. The number of alkyl halides is 1. The third kappa shape index (κ3) is 2.96. The Morgan fingerprint density at radius 2 is 2.12 bits per heavy atom. The van der Waals surface area contributed by atoms with Gasteiger partial charge in [0.1, 0.15) is 5.82 Å². The zero-order valence-corrected chi connectivity index (χ0v) is 12.0. The van der Waals surface area contributed by atoms with Crippen LogP contribution in [0.3, 0.4) is 0 Å². The molecule has 0 N–H and O–H groups in total. The molecule has 1 aromatic carbocycles. The van der Waals surface area contributed by atoms with E-state index < -0.39 is 0 Å². The van der Waals surface area contributed by atoms with Gasteiger partial charge >= 0.3 is 0 Å². The molecular formula is C12H9ClFIS. The Balaban J connectivity index is 2.13. The van der Waals surface area contributed by atoms with E-state index >= 15 is 0 Å². The minimum atomic E-state index is -0.182. The maximum Gasteiger partial charge on any atom is 0.126 e. The predicted octanol–water partition coefficient (Wildman–Crippen LogP) is 5.01. The lowest BCUT2D eigenvalue weighted by Crippen LogP contribution is -1.97. The van der Waals surface area contributed by atoms with Crippen LogP contribution in [0, 0.1) is 8.70 Å². The number of rotatable bonds is 3. The summed E-state index contributed by atoms with van der Waals surface area (Å²) in [6, 6.07) is 8.82. The summed E-state index contributed by atoms with van der Waals surface area (Å²) in [6.45, 7) is 0. The molecular weight excluding hydrogens is 358 g/mol. The molecule has 16 heavy (non-hydrogen) atoms. The van der Waals surface area contributed by atoms with Gasteiger partial charge in [0, 0.05) is 0 Å². The molecule has 2 aromatic rings. The molecule has 2 rings (SSSR count). The molecule has 1 atom stereocenters. The van der Waals surface area contributed by atoms with Crippen LogP contribution in [0.5, 0.6) is 0 Å². The minimum Gasteiger partial charge on any atom is -0.207 e. The summed E-state index contributed by atoms with van der Waals surface area (Å²) in [5.74, 6) is -0.182. The largest absolute Gasteiger partial charge is 0.207 e. The molecule has 0 saturated carbocycles. The molecule has 0 fully saturated rings. The molecule has 84 valence electrons. The van der Waals surface area contributed by atoms with E-state index in [0.717, 1.165) is 5.56 Å². The molecule has 0 aliphatic heterocycles. The fourth-order valence-corrected chi connectivity index (χ4v) is 3.26. The Hall–Kier alpha value is -0.130. The Labute approximate surface area is 117 Å². The summed E-state index contributed by atoms with van der Waals surface area (Å²) >= 11 is 10.2. The van der Waals surface area contributed by atoms with E-state index in [0.29, 0.717) is 12.0 Å². The molecule has 4 heteroatoms. The summed E-state index contributed by atoms with van der Waals surface area (Å²) < 4.78 is 14.6. The van der Waals surface area contributed by atoms with Gasteiger partial charge in [-0.05, 0) is 57.7 Å². The molecule has 0 amide bonds. The van der Waals surface area contributed by atoms with Crippen molar-refractivity contribution >= 4 is 45.5 Å². The second-order valence-corrected chi connectivity index (χ2v) is 6.78. The number of thiophene rings is 1. The van der Waals surface area contributed by atoms with Crippen molar-refractivity contribution in [1.29, 1.82) is 0 Å². The maximum absolute atomic E-state index is 13.4. The highest BCUT2D eigenvalue weighted by atomic mass is 127. The Morgan fingerprint density at radius 1 is 1.38 bits per heavy atom. The first-order valence-electron chi connectivity index (χ1n) is 4.78. The van der Waals surface area contributed by atoms with Crippen molar-refractivity contribution in [1.82, 2.24) is 0 Å². The van der Waals surface area contributed by atoms with Gasteiger partial charge in [-0.15, -0.1) is 22.9 Å². The first-order chi connectivity index (χ1) is 7.66. The Morgan fingerprint density at radius 3 is 2.75 bits per heavy atom. The lowest BCUT2D eigenvalue weighted by Gasteiger charge is -2.08. The first-order valence-corrected chi connectivity index (χ1v) is 7.17. The van der Waals surface area contributed by atoms with Gasteiger partial charge in [0.25, 0.3) is 0 Å². The number of halogens is 3. The zero-order valence-electron chi connectivity index (χ0n) is 8.29. The molecule has 1 heterocycles. The van der Waals surface area contributed by atoms with Crippen LogP contribution in [0.1, 0.15) is 16.5 Å². The molecule has 0 saturated heterocycles. The number of hydrogen-bond acceptors (Lipinski definition) is 1. The van der Waals surface area contributed by atoms with Crippen molar-refractivity contribution in [2.45, 2.75) is 11.8 Å².